The van der Waals surface area contributed by atoms with E-state index in [9.17, 15) is 31.9 Å². The van der Waals surface area contributed by atoms with Gasteiger partial charge in [0.1, 0.15) is 18.4 Å². The first-order chi connectivity index (χ1) is 22.3. The molecule has 2 heterocycles. The Morgan fingerprint density at radius 3 is 2.45 bits per heavy atom. The Kier molecular flexibility index (Phi) is 9.70. The van der Waals surface area contributed by atoms with Crippen LogP contribution in [0.3, 0.4) is 0 Å². The van der Waals surface area contributed by atoms with Crippen molar-refractivity contribution in [1.29, 1.82) is 0 Å². The molecule has 4 amide bonds. The number of urea groups is 1. The molecule has 47 heavy (non-hydrogen) atoms. The first-order valence-electron chi connectivity index (χ1n) is 14.8. The smallest absolute Gasteiger partial charge is 0.404 e. The van der Waals surface area contributed by atoms with E-state index in [1.54, 1.807) is 27.2 Å². The van der Waals surface area contributed by atoms with Crippen molar-refractivity contribution in [3.8, 4) is 5.75 Å². The molecular weight excluding hydrogens is 620 g/mol. The number of halogens is 4. The van der Waals surface area contributed by atoms with Crippen molar-refractivity contribution in [3.05, 3.63) is 89.9 Å². The number of nitrogens with zero attached hydrogens (tertiary/aromatic N) is 3. The number of H-pyrrole nitrogens is 1. The van der Waals surface area contributed by atoms with Crippen molar-refractivity contribution in [2.24, 2.45) is 0 Å². The van der Waals surface area contributed by atoms with E-state index in [2.05, 4.69) is 20.4 Å². The molecule has 3 N–H and O–H groups in total. The van der Waals surface area contributed by atoms with Gasteiger partial charge in [0.25, 0.3) is 0 Å². The number of benzene rings is 3. The van der Waals surface area contributed by atoms with E-state index >= 15 is 0 Å². The van der Waals surface area contributed by atoms with Gasteiger partial charge in [-0.1, -0.05) is 31.2 Å². The van der Waals surface area contributed by atoms with Crippen molar-refractivity contribution in [2.75, 3.05) is 43.9 Å². The molecule has 14 heteroatoms. The third-order valence-electron chi connectivity index (χ3n) is 7.85. The zero-order valence-corrected chi connectivity index (χ0v) is 25.9. The van der Waals surface area contributed by atoms with E-state index in [1.165, 1.54) is 46.2 Å². The number of rotatable bonds is 9. The van der Waals surface area contributed by atoms with Crippen LogP contribution in [0.4, 0.5) is 33.7 Å². The summed E-state index contributed by atoms with van der Waals surface area (Å²) in [6, 6.07) is 14.8. The number of aromatic amines is 1. The fourth-order valence-corrected chi connectivity index (χ4v) is 5.60. The number of hydrogen-bond donors (Lipinski definition) is 3. The van der Waals surface area contributed by atoms with E-state index in [-0.39, 0.29) is 25.3 Å². The number of nitrogens with one attached hydrogen (secondary N) is 3. The largest absolute Gasteiger partial charge is 0.573 e. The summed E-state index contributed by atoms with van der Waals surface area (Å²) in [6.07, 6.45) is -3.31. The summed E-state index contributed by atoms with van der Waals surface area (Å²) in [5.41, 5.74) is 2.35. The van der Waals surface area contributed by atoms with Gasteiger partial charge in [-0.05, 0) is 67.7 Å². The molecule has 5 rings (SSSR count). The molecule has 1 fully saturated rings. The number of fused-ring (bicyclic) bond motifs is 1. The Morgan fingerprint density at radius 2 is 1.77 bits per heavy atom. The number of para-hydroxylation sites is 1. The van der Waals surface area contributed by atoms with Crippen LogP contribution in [0.5, 0.6) is 5.75 Å². The maximum Gasteiger partial charge on any atom is 0.573 e. The number of piperazine rings is 1. The van der Waals surface area contributed by atoms with Crippen LogP contribution < -0.4 is 20.3 Å². The molecule has 0 radical (unpaired) electrons. The second kappa shape index (κ2) is 13.7. The molecule has 0 unspecified atom stereocenters. The second-order valence-corrected chi connectivity index (χ2v) is 11.6. The summed E-state index contributed by atoms with van der Waals surface area (Å²) in [6.45, 7) is 2.02. The molecule has 0 spiro atoms. The number of hydrogen-bond acceptors (Lipinski definition) is 5. The molecular formula is C33H34F4N6O4. The first kappa shape index (κ1) is 33.3. The number of alkyl halides is 3. The van der Waals surface area contributed by atoms with Gasteiger partial charge in [0.2, 0.25) is 11.8 Å². The van der Waals surface area contributed by atoms with Crippen LogP contribution in [-0.4, -0.2) is 78.8 Å². The zero-order chi connectivity index (χ0) is 33.9. The van der Waals surface area contributed by atoms with Gasteiger partial charge in [-0.2, -0.15) is 0 Å². The van der Waals surface area contributed by atoms with Gasteiger partial charge in [0.05, 0.1) is 5.69 Å². The van der Waals surface area contributed by atoms with E-state index < -0.39 is 47.7 Å². The Balaban J connectivity index is 1.42. The van der Waals surface area contributed by atoms with Crippen LogP contribution in [-0.2, 0) is 16.1 Å². The Labute approximate surface area is 268 Å². The van der Waals surface area contributed by atoms with Crippen LogP contribution in [0.2, 0.25) is 0 Å². The Bertz CT molecular complexity index is 1760. The molecule has 1 aliphatic rings. The molecule has 0 saturated carbocycles. The van der Waals surface area contributed by atoms with E-state index in [4.69, 9.17) is 0 Å². The van der Waals surface area contributed by atoms with Gasteiger partial charge in [-0.3, -0.25) is 9.59 Å². The van der Waals surface area contributed by atoms with Gasteiger partial charge in [0.15, 0.2) is 5.75 Å². The van der Waals surface area contributed by atoms with Gasteiger partial charge >= 0.3 is 12.4 Å². The normalized spacial score (nSPS) is 15.1. The quantitative estimate of drug-likeness (QED) is 0.209. The second-order valence-electron chi connectivity index (χ2n) is 11.6. The van der Waals surface area contributed by atoms with Crippen molar-refractivity contribution >= 4 is 40.1 Å². The predicted molar refractivity (Wildman–Crippen MR) is 169 cm³/mol. The molecule has 2 atom stereocenters. The lowest BCUT2D eigenvalue weighted by atomic mass is 9.92. The summed E-state index contributed by atoms with van der Waals surface area (Å²) in [7, 11) is 3.58. The number of ether oxygens (including phenoxy) is 1. The van der Waals surface area contributed by atoms with Crippen LogP contribution in [0.1, 0.15) is 24.0 Å². The molecule has 4 aromatic rings. The fraction of sp³-hybridized carbons (Fsp3) is 0.303. The minimum absolute atomic E-state index is 0.112. The predicted octanol–water partition coefficient (Wildman–Crippen LogP) is 5.44. The summed E-state index contributed by atoms with van der Waals surface area (Å²) in [5.74, 6) is -2.94. The summed E-state index contributed by atoms with van der Waals surface area (Å²) >= 11 is 0. The van der Waals surface area contributed by atoms with E-state index in [1.807, 2.05) is 29.2 Å². The summed E-state index contributed by atoms with van der Waals surface area (Å²) < 4.78 is 57.5. The third kappa shape index (κ3) is 8.01. The lowest BCUT2D eigenvalue weighted by Crippen LogP contribution is -2.58. The third-order valence-corrected chi connectivity index (χ3v) is 7.85. The Morgan fingerprint density at radius 1 is 1.04 bits per heavy atom. The first-order valence-corrected chi connectivity index (χ1v) is 14.8. The highest BCUT2D eigenvalue weighted by atomic mass is 19.4. The minimum atomic E-state index is -5.02. The van der Waals surface area contributed by atoms with Crippen molar-refractivity contribution in [3.63, 3.8) is 0 Å². The van der Waals surface area contributed by atoms with Crippen molar-refractivity contribution < 1.29 is 36.7 Å². The highest BCUT2D eigenvalue weighted by Crippen LogP contribution is 2.33. The molecule has 10 nitrogen and oxygen atoms in total. The average molecular weight is 655 g/mol. The lowest BCUT2D eigenvalue weighted by Gasteiger charge is -2.35. The van der Waals surface area contributed by atoms with Crippen LogP contribution in [0, 0.1) is 5.82 Å². The molecule has 3 aromatic carbocycles. The lowest BCUT2D eigenvalue weighted by molar-refractivity contribution is -0.274. The molecule has 1 saturated heterocycles. The van der Waals surface area contributed by atoms with Gasteiger partial charge in [-0.15, -0.1) is 13.2 Å². The highest BCUT2D eigenvalue weighted by Gasteiger charge is 2.36. The van der Waals surface area contributed by atoms with Gasteiger partial charge in [-0.25, -0.2) is 9.18 Å². The number of anilines is 2. The Hall–Kier alpha value is -5.11. The van der Waals surface area contributed by atoms with Crippen molar-refractivity contribution in [2.45, 2.75) is 31.8 Å². The SMILES string of the molecule is C[C@@H](c1c[nH]c2ccccc12)[C@@H](NC(=O)N1CCN(c2ccc(F)cc2)C(=O)C1)C(=O)Nc1cc(CN(C)C)ccc1OC(F)(F)F. The maximum atomic E-state index is 14.0. The van der Waals surface area contributed by atoms with Crippen LogP contribution >= 0.6 is 0 Å². The number of carbonyl (C=O) groups is 3. The minimum Gasteiger partial charge on any atom is -0.404 e. The summed E-state index contributed by atoms with van der Waals surface area (Å²) in [4.78, 5) is 48.2. The fourth-order valence-electron chi connectivity index (χ4n) is 5.60. The van der Waals surface area contributed by atoms with Crippen LogP contribution in [0.15, 0.2) is 72.9 Å². The van der Waals surface area contributed by atoms with Gasteiger partial charge in [0, 0.05) is 48.3 Å². The van der Waals surface area contributed by atoms with Crippen LogP contribution in [0.25, 0.3) is 10.9 Å². The molecule has 1 aromatic heterocycles. The monoisotopic (exact) mass is 654 g/mol. The highest BCUT2D eigenvalue weighted by molar-refractivity contribution is 6.01. The van der Waals surface area contributed by atoms with Gasteiger partial charge < -0.3 is 35.1 Å². The summed E-state index contributed by atoms with van der Waals surface area (Å²) in [5, 5.41) is 6.08. The van der Waals surface area contributed by atoms with E-state index in [0.29, 0.717) is 23.4 Å². The topological polar surface area (TPSA) is 110 Å². The van der Waals surface area contributed by atoms with E-state index in [0.717, 1.165) is 17.0 Å². The molecule has 248 valence electrons. The number of amides is 4. The standard InChI is InChI=1S/C33H34F4N6O4/c1-20(25-17-38-26-7-5-4-6-24(25)26)30(31(45)39-27-16-21(18-41(2)3)8-13-28(27)47-33(35,36)37)40-32(46)42-14-15-43(29(44)19-42)23-11-9-22(34)10-12-23/h4-13,16-17,20,30,38H,14-15,18-19H2,1-3H3,(H,39,45)(H,40,46)/t20-,30+/m0/s1. The number of carbonyl (C=O) groups excluding carboxylic acids is 3. The number of aromatic nitrogens is 1. The van der Waals surface area contributed by atoms with Crippen molar-refractivity contribution in [1.82, 2.24) is 20.1 Å². The zero-order valence-electron chi connectivity index (χ0n) is 25.9. The molecule has 1 aliphatic heterocycles. The maximum absolute atomic E-state index is 14.0. The molecule has 0 aliphatic carbocycles. The molecule has 0 bridgehead atoms. The average Bonchev–Trinajstić information content (AvgIpc) is 3.44.